The molecule has 7 nitrogen and oxygen atoms in total. The van der Waals surface area contributed by atoms with E-state index in [1.54, 1.807) is 23.5 Å². The van der Waals surface area contributed by atoms with E-state index in [9.17, 15) is 4.79 Å². The molecule has 2 heterocycles. The van der Waals surface area contributed by atoms with Gasteiger partial charge in [0.1, 0.15) is 23.1 Å². The Labute approximate surface area is 200 Å². The number of carboxylic acid groups (broad SMARTS) is 1. The highest BCUT2D eigenvalue weighted by Gasteiger charge is 2.19. The van der Waals surface area contributed by atoms with E-state index in [0.717, 1.165) is 43.8 Å². The van der Waals surface area contributed by atoms with Gasteiger partial charge in [-0.15, -0.1) is 11.3 Å². The molecule has 1 aromatic heterocycles. The molecular weight excluding hydrogens is 454 g/mol. The highest BCUT2D eigenvalue weighted by atomic mass is 32.1. The van der Waals surface area contributed by atoms with Crippen molar-refractivity contribution >= 4 is 17.3 Å². The van der Waals surface area contributed by atoms with Crippen LogP contribution in [0.5, 0.6) is 23.0 Å². The van der Waals surface area contributed by atoms with Crippen LogP contribution in [-0.4, -0.2) is 29.5 Å². The molecule has 1 aliphatic rings. The lowest BCUT2D eigenvalue weighted by atomic mass is 10.1. The van der Waals surface area contributed by atoms with Gasteiger partial charge in [0.25, 0.3) is 0 Å². The van der Waals surface area contributed by atoms with Crippen molar-refractivity contribution in [3.63, 3.8) is 0 Å². The zero-order valence-electron chi connectivity index (χ0n) is 18.3. The minimum Gasteiger partial charge on any atom is -0.486 e. The van der Waals surface area contributed by atoms with Crippen molar-refractivity contribution in [2.75, 3.05) is 13.4 Å². The summed E-state index contributed by atoms with van der Waals surface area (Å²) in [7, 11) is 0. The van der Waals surface area contributed by atoms with Gasteiger partial charge in [-0.25, -0.2) is 9.78 Å². The van der Waals surface area contributed by atoms with Gasteiger partial charge >= 0.3 is 5.97 Å². The summed E-state index contributed by atoms with van der Waals surface area (Å²) in [4.78, 5) is 16.6. The fourth-order valence-corrected chi connectivity index (χ4v) is 4.60. The van der Waals surface area contributed by atoms with E-state index in [2.05, 4.69) is 0 Å². The first kappa shape index (κ1) is 21.8. The third-order valence-corrected chi connectivity index (χ3v) is 6.29. The Bertz CT molecular complexity index is 1330. The molecule has 0 amide bonds. The molecule has 1 aliphatic heterocycles. The highest BCUT2D eigenvalue weighted by Crippen LogP contribution is 2.42. The Morgan fingerprint density at radius 1 is 1.00 bits per heavy atom. The molecule has 3 aromatic carbocycles. The number of ether oxygens (including phenoxy) is 4. The SMILES string of the molecule is Cc1cc(OCc2nc(-c3ccccc3)c(-c3ccc4c(c3)OCO4)s2)ccc1OCC(=O)O. The summed E-state index contributed by atoms with van der Waals surface area (Å²) in [5, 5.41) is 9.63. The van der Waals surface area contributed by atoms with E-state index in [1.807, 2.05) is 61.5 Å². The van der Waals surface area contributed by atoms with E-state index >= 15 is 0 Å². The van der Waals surface area contributed by atoms with Crippen LogP contribution >= 0.6 is 11.3 Å². The molecule has 0 radical (unpaired) electrons. The molecule has 8 heteroatoms. The topological polar surface area (TPSA) is 87.1 Å². The van der Waals surface area contributed by atoms with Crippen LogP contribution in [0.1, 0.15) is 10.6 Å². The zero-order chi connectivity index (χ0) is 23.5. The smallest absolute Gasteiger partial charge is 0.341 e. The number of rotatable bonds is 8. The number of carbonyl (C=O) groups is 1. The van der Waals surface area contributed by atoms with Crippen LogP contribution in [0.3, 0.4) is 0 Å². The van der Waals surface area contributed by atoms with Crippen LogP contribution in [0.15, 0.2) is 66.7 Å². The largest absolute Gasteiger partial charge is 0.486 e. The van der Waals surface area contributed by atoms with Crippen molar-refractivity contribution in [2.45, 2.75) is 13.5 Å². The monoisotopic (exact) mass is 475 g/mol. The van der Waals surface area contributed by atoms with Crippen LogP contribution in [0.4, 0.5) is 0 Å². The number of hydrogen-bond donors (Lipinski definition) is 1. The Kier molecular flexibility index (Phi) is 6.05. The lowest BCUT2D eigenvalue weighted by Crippen LogP contribution is -2.10. The summed E-state index contributed by atoms with van der Waals surface area (Å²) in [5.74, 6) is 1.62. The number of nitrogens with zero attached hydrogens (tertiary/aromatic N) is 1. The number of aryl methyl sites for hydroxylation is 1. The summed E-state index contributed by atoms with van der Waals surface area (Å²) in [6, 6.07) is 21.2. The number of hydrogen-bond acceptors (Lipinski definition) is 7. The Morgan fingerprint density at radius 3 is 2.62 bits per heavy atom. The van der Waals surface area contributed by atoms with Crippen molar-refractivity contribution in [1.82, 2.24) is 4.98 Å². The van der Waals surface area contributed by atoms with E-state index < -0.39 is 5.97 Å². The number of thiazole rings is 1. The fourth-order valence-electron chi connectivity index (χ4n) is 3.61. The van der Waals surface area contributed by atoms with Crippen molar-refractivity contribution in [3.05, 3.63) is 77.3 Å². The van der Waals surface area contributed by atoms with Crippen molar-refractivity contribution in [2.24, 2.45) is 0 Å². The molecule has 5 rings (SSSR count). The molecule has 0 spiro atoms. The van der Waals surface area contributed by atoms with Crippen LogP contribution in [0, 0.1) is 6.92 Å². The minimum absolute atomic E-state index is 0.228. The van der Waals surface area contributed by atoms with E-state index in [1.165, 1.54) is 0 Å². The van der Waals surface area contributed by atoms with Gasteiger partial charge < -0.3 is 24.1 Å². The van der Waals surface area contributed by atoms with Gasteiger partial charge in [0.2, 0.25) is 6.79 Å². The fraction of sp³-hybridized carbons (Fsp3) is 0.154. The predicted molar refractivity (Wildman–Crippen MR) is 128 cm³/mol. The van der Waals surface area contributed by atoms with Crippen LogP contribution in [-0.2, 0) is 11.4 Å². The maximum absolute atomic E-state index is 10.7. The second kappa shape index (κ2) is 9.44. The predicted octanol–water partition coefficient (Wildman–Crippen LogP) is 5.56. The van der Waals surface area contributed by atoms with Crippen LogP contribution in [0.25, 0.3) is 21.7 Å². The molecule has 0 aliphatic carbocycles. The average molecular weight is 476 g/mol. The lowest BCUT2D eigenvalue weighted by Gasteiger charge is -2.09. The molecule has 4 aromatic rings. The highest BCUT2D eigenvalue weighted by molar-refractivity contribution is 7.15. The normalized spacial score (nSPS) is 11.9. The first-order chi connectivity index (χ1) is 16.6. The third kappa shape index (κ3) is 4.67. The summed E-state index contributed by atoms with van der Waals surface area (Å²) in [6.07, 6.45) is 0. The van der Waals surface area contributed by atoms with Crippen molar-refractivity contribution in [1.29, 1.82) is 0 Å². The van der Waals surface area contributed by atoms with Gasteiger partial charge in [0.15, 0.2) is 18.1 Å². The molecule has 0 saturated carbocycles. The molecule has 0 bridgehead atoms. The quantitative estimate of drug-likeness (QED) is 0.357. The van der Waals surface area contributed by atoms with Gasteiger partial charge in [-0.1, -0.05) is 30.3 Å². The number of aliphatic carboxylic acids is 1. The molecule has 0 atom stereocenters. The van der Waals surface area contributed by atoms with Crippen LogP contribution < -0.4 is 18.9 Å². The van der Waals surface area contributed by atoms with E-state index in [0.29, 0.717) is 18.1 Å². The summed E-state index contributed by atoms with van der Waals surface area (Å²) >= 11 is 1.57. The maximum atomic E-state index is 10.7. The number of aromatic nitrogens is 1. The second-order valence-electron chi connectivity index (χ2n) is 7.62. The molecule has 0 unspecified atom stereocenters. The van der Waals surface area contributed by atoms with E-state index in [-0.39, 0.29) is 13.4 Å². The van der Waals surface area contributed by atoms with Gasteiger partial charge in [-0.05, 0) is 54.4 Å². The Hall–Kier alpha value is -4.04. The summed E-state index contributed by atoms with van der Waals surface area (Å²) in [5.41, 5.74) is 3.71. The molecular formula is C26H21NO6S. The summed E-state index contributed by atoms with van der Waals surface area (Å²) in [6.45, 7) is 1.99. The van der Waals surface area contributed by atoms with Crippen molar-refractivity contribution in [3.8, 4) is 44.7 Å². The summed E-state index contributed by atoms with van der Waals surface area (Å²) < 4.78 is 22.3. The van der Waals surface area contributed by atoms with Gasteiger partial charge in [-0.3, -0.25) is 0 Å². The van der Waals surface area contributed by atoms with Gasteiger partial charge in [0, 0.05) is 5.56 Å². The lowest BCUT2D eigenvalue weighted by molar-refractivity contribution is -0.139. The molecule has 172 valence electrons. The average Bonchev–Trinajstić information content (AvgIpc) is 3.49. The second-order valence-corrected chi connectivity index (χ2v) is 8.70. The minimum atomic E-state index is -1.02. The maximum Gasteiger partial charge on any atom is 0.341 e. The Morgan fingerprint density at radius 2 is 1.82 bits per heavy atom. The first-order valence-electron chi connectivity index (χ1n) is 10.6. The molecule has 1 N–H and O–H groups in total. The number of benzene rings is 3. The zero-order valence-corrected chi connectivity index (χ0v) is 19.1. The molecule has 0 fully saturated rings. The Balaban J connectivity index is 1.40. The van der Waals surface area contributed by atoms with Gasteiger partial charge in [-0.2, -0.15) is 0 Å². The van der Waals surface area contributed by atoms with Crippen molar-refractivity contribution < 1.29 is 28.8 Å². The number of carboxylic acids is 1. The third-order valence-electron chi connectivity index (χ3n) is 5.21. The van der Waals surface area contributed by atoms with E-state index in [4.69, 9.17) is 29.0 Å². The number of fused-ring (bicyclic) bond motifs is 1. The first-order valence-corrected chi connectivity index (χ1v) is 11.4. The molecule has 34 heavy (non-hydrogen) atoms. The van der Waals surface area contributed by atoms with Gasteiger partial charge in [0.05, 0.1) is 10.6 Å². The van der Waals surface area contributed by atoms with Crippen LogP contribution in [0.2, 0.25) is 0 Å². The standard InChI is InChI=1S/C26H21NO6S/c1-16-11-19(8-10-20(16)31-14-24(28)29)30-13-23-27-25(17-5-3-2-4-6-17)26(34-23)18-7-9-21-22(12-18)33-15-32-21/h2-12H,13-15H2,1H3,(H,28,29). The molecule has 0 saturated heterocycles.